The number of carboxylic acid groups (broad SMARTS) is 1. The van der Waals surface area contributed by atoms with Crippen molar-refractivity contribution in [1.82, 2.24) is 4.90 Å². The van der Waals surface area contributed by atoms with Crippen LogP contribution >= 0.6 is 13.5 Å². The van der Waals surface area contributed by atoms with Gasteiger partial charge in [-0.2, -0.15) is 26.7 Å². The molecule has 3 atom stereocenters. The number of aliphatic carboxylic acids is 1. The van der Waals surface area contributed by atoms with Crippen LogP contribution in [0.2, 0.25) is 0 Å². The quantitative estimate of drug-likeness (QED) is 0.384. The number of hydrogen-bond acceptors (Lipinski definition) is 3. The molecule has 2 aromatic carbocycles. The molecule has 2 saturated carbocycles. The molecule has 40 heavy (non-hydrogen) atoms. The zero-order valence-corrected chi connectivity index (χ0v) is 24.5. The molecule has 2 aliphatic carbocycles. The summed E-state index contributed by atoms with van der Waals surface area (Å²) in [6, 6.07) is 10.5. The van der Waals surface area contributed by atoms with E-state index in [1.807, 2.05) is 20.8 Å². The Morgan fingerprint density at radius 1 is 1.10 bits per heavy atom. The average Bonchev–Trinajstić information content (AvgIpc) is 3.60. The van der Waals surface area contributed by atoms with E-state index in [0.717, 1.165) is 74.9 Å². The number of benzene rings is 2. The number of carbonyl (C=O) groups is 1. The van der Waals surface area contributed by atoms with E-state index in [9.17, 15) is 23.1 Å². The van der Waals surface area contributed by atoms with Crippen molar-refractivity contribution in [3.05, 3.63) is 64.2 Å². The number of halogens is 3. The number of carboxylic acids is 1. The van der Waals surface area contributed by atoms with Gasteiger partial charge in [0, 0.05) is 12.6 Å². The normalized spacial score (nSPS) is 28.2. The van der Waals surface area contributed by atoms with E-state index in [4.69, 9.17) is 4.74 Å². The topological polar surface area (TPSA) is 49.8 Å². The number of aryl methyl sites for hydroxylation is 2. The van der Waals surface area contributed by atoms with Gasteiger partial charge in [-0.3, -0.25) is 9.69 Å². The molecule has 4 aliphatic rings. The molecule has 2 aliphatic heterocycles. The Hall–Kier alpha value is -2.19. The van der Waals surface area contributed by atoms with E-state index in [0.29, 0.717) is 11.5 Å². The minimum absolute atomic E-state index is 0. The Morgan fingerprint density at radius 3 is 2.48 bits per heavy atom. The highest BCUT2D eigenvalue weighted by molar-refractivity contribution is 7.59. The van der Waals surface area contributed by atoms with E-state index >= 15 is 0 Å². The summed E-state index contributed by atoms with van der Waals surface area (Å²) in [5.74, 6) is 0.148. The third-order valence-electron chi connectivity index (χ3n) is 10.1. The summed E-state index contributed by atoms with van der Waals surface area (Å²) in [6.45, 7) is 7.14. The lowest BCUT2D eigenvalue weighted by Gasteiger charge is -2.56. The molecule has 6 rings (SSSR count). The van der Waals surface area contributed by atoms with E-state index in [2.05, 4.69) is 23.1 Å². The van der Waals surface area contributed by atoms with E-state index in [1.54, 1.807) is 12.1 Å². The molecular formula is C32H40F3NO3S. The van der Waals surface area contributed by atoms with Gasteiger partial charge in [0.2, 0.25) is 0 Å². The fourth-order valence-corrected chi connectivity index (χ4v) is 7.94. The van der Waals surface area contributed by atoms with Crippen molar-refractivity contribution in [3.8, 4) is 5.75 Å². The SMILES string of the molecule is Cc1ccc(C(F)(F)F)c([C@H](C)N2CCC3(C2)CC2(CCc4ccc([C@H](C5CC5)[C@H](C)C(=O)O)cc4O2)C3)c1.S. The number of rotatable bonds is 6. The standard InChI is InChI=1S/C32H38F3NO3.H2S/c1-19-4-9-26(32(33,34)35)25(14-19)21(3)36-13-12-30(18-36)16-31(17-30)11-10-22-5-8-24(15-27(22)39-31)28(23-6-7-23)20(2)29(37)38;/h4-5,8-9,14-15,20-21,23,28H,6-7,10-13,16-18H2,1-3H3,(H,37,38);1H2/t20-,21-,28-,30?,31?;/m0./s1. The van der Waals surface area contributed by atoms with Crippen molar-refractivity contribution in [2.45, 2.75) is 89.5 Å². The van der Waals surface area contributed by atoms with Gasteiger partial charge in [-0.1, -0.05) is 36.8 Å². The second-order valence-electron chi connectivity index (χ2n) is 13.0. The number of fused-ring (bicyclic) bond motifs is 1. The molecule has 0 unspecified atom stereocenters. The molecule has 0 bridgehead atoms. The van der Waals surface area contributed by atoms with Crippen LogP contribution in [0.3, 0.4) is 0 Å². The molecule has 2 aromatic rings. The summed E-state index contributed by atoms with van der Waals surface area (Å²) < 4.78 is 48.0. The predicted octanol–water partition coefficient (Wildman–Crippen LogP) is 7.65. The lowest BCUT2D eigenvalue weighted by Crippen LogP contribution is -2.58. The van der Waals surface area contributed by atoms with Crippen LogP contribution < -0.4 is 4.74 Å². The maximum Gasteiger partial charge on any atom is 0.416 e. The molecule has 3 fully saturated rings. The number of ether oxygens (including phenoxy) is 1. The third-order valence-corrected chi connectivity index (χ3v) is 10.1. The van der Waals surface area contributed by atoms with Crippen LogP contribution in [0.15, 0.2) is 36.4 Å². The number of nitrogens with zero attached hydrogens (tertiary/aromatic N) is 1. The number of hydrogen-bond donors (Lipinski definition) is 1. The van der Waals surface area contributed by atoms with Crippen LogP contribution in [-0.4, -0.2) is 34.7 Å². The maximum atomic E-state index is 13.8. The Bertz CT molecular complexity index is 1280. The molecule has 1 saturated heterocycles. The zero-order chi connectivity index (χ0) is 27.7. The van der Waals surface area contributed by atoms with Crippen LogP contribution in [-0.2, 0) is 17.4 Å². The van der Waals surface area contributed by atoms with Crippen molar-refractivity contribution in [1.29, 1.82) is 0 Å². The summed E-state index contributed by atoms with van der Waals surface area (Å²) in [5, 5.41) is 9.69. The highest BCUT2D eigenvalue weighted by atomic mass is 32.1. The molecule has 4 nitrogen and oxygen atoms in total. The van der Waals surface area contributed by atoms with Gasteiger partial charge in [0.05, 0.1) is 11.5 Å². The highest BCUT2D eigenvalue weighted by Gasteiger charge is 2.59. The van der Waals surface area contributed by atoms with Gasteiger partial charge < -0.3 is 9.84 Å². The first-order chi connectivity index (χ1) is 18.4. The Kier molecular flexibility index (Phi) is 7.52. The lowest BCUT2D eigenvalue weighted by molar-refractivity contribution is -0.142. The molecule has 0 aromatic heterocycles. The first kappa shape index (κ1) is 29.3. The molecule has 0 amide bonds. The van der Waals surface area contributed by atoms with Gasteiger partial charge in [0.1, 0.15) is 11.4 Å². The molecule has 2 spiro atoms. The van der Waals surface area contributed by atoms with Crippen molar-refractivity contribution >= 4 is 19.5 Å². The minimum Gasteiger partial charge on any atom is -0.487 e. The van der Waals surface area contributed by atoms with Gasteiger partial charge in [-0.05, 0) is 111 Å². The van der Waals surface area contributed by atoms with Crippen LogP contribution in [0, 0.1) is 24.2 Å². The van der Waals surface area contributed by atoms with Crippen molar-refractivity contribution in [2.75, 3.05) is 13.1 Å². The average molecular weight is 576 g/mol. The second kappa shape index (κ2) is 10.3. The van der Waals surface area contributed by atoms with Crippen molar-refractivity contribution in [2.24, 2.45) is 17.3 Å². The minimum atomic E-state index is -4.36. The van der Waals surface area contributed by atoms with Gasteiger partial charge in [0.15, 0.2) is 0 Å². The van der Waals surface area contributed by atoms with Crippen LogP contribution in [0.1, 0.15) is 92.1 Å². The Balaban J connectivity index is 0.00000323. The molecule has 1 N–H and O–H groups in total. The Morgan fingerprint density at radius 2 is 1.82 bits per heavy atom. The Labute approximate surface area is 241 Å². The maximum absolute atomic E-state index is 13.8. The van der Waals surface area contributed by atoms with E-state index in [1.165, 1.54) is 11.6 Å². The second-order valence-corrected chi connectivity index (χ2v) is 13.0. The van der Waals surface area contributed by atoms with Crippen LogP contribution in [0.4, 0.5) is 13.2 Å². The van der Waals surface area contributed by atoms with Crippen LogP contribution in [0.5, 0.6) is 5.75 Å². The number of likely N-dealkylation sites (tertiary alicyclic amines) is 1. The fraction of sp³-hybridized carbons (Fsp3) is 0.594. The zero-order valence-electron chi connectivity index (χ0n) is 23.5. The summed E-state index contributed by atoms with van der Waals surface area (Å²) in [6.07, 6.45) is 2.50. The summed E-state index contributed by atoms with van der Waals surface area (Å²) in [7, 11) is 0. The van der Waals surface area contributed by atoms with Crippen molar-refractivity contribution < 1.29 is 27.8 Å². The van der Waals surface area contributed by atoms with Crippen molar-refractivity contribution in [3.63, 3.8) is 0 Å². The van der Waals surface area contributed by atoms with E-state index < -0.39 is 23.6 Å². The smallest absolute Gasteiger partial charge is 0.416 e. The third kappa shape index (κ3) is 5.26. The highest BCUT2D eigenvalue weighted by Crippen LogP contribution is 2.60. The lowest BCUT2D eigenvalue weighted by atomic mass is 9.56. The molecule has 8 heteroatoms. The summed E-state index contributed by atoms with van der Waals surface area (Å²) in [4.78, 5) is 14.0. The monoisotopic (exact) mass is 575 g/mol. The van der Waals surface area contributed by atoms with Gasteiger partial charge in [-0.15, -0.1) is 0 Å². The van der Waals surface area contributed by atoms with Crippen LogP contribution in [0.25, 0.3) is 0 Å². The van der Waals surface area contributed by atoms with Gasteiger partial charge in [-0.25, -0.2) is 0 Å². The fourth-order valence-electron chi connectivity index (χ4n) is 7.94. The summed E-state index contributed by atoms with van der Waals surface area (Å²) >= 11 is 0. The van der Waals surface area contributed by atoms with Gasteiger partial charge >= 0.3 is 12.1 Å². The first-order valence-electron chi connectivity index (χ1n) is 14.4. The molecule has 2 heterocycles. The first-order valence-corrected chi connectivity index (χ1v) is 14.4. The number of alkyl halides is 3. The predicted molar refractivity (Wildman–Crippen MR) is 153 cm³/mol. The molecule has 0 radical (unpaired) electrons. The summed E-state index contributed by atoms with van der Waals surface area (Å²) in [5.41, 5.74) is 2.79. The largest absolute Gasteiger partial charge is 0.487 e. The molecular weight excluding hydrogens is 535 g/mol. The molecule has 218 valence electrons. The van der Waals surface area contributed by atoms with E-state index in [-0.39, 0.29) is 36.5 Å². The van der Waals surface area contributed by atoms with Gasteiger partial charge in [0.25, 0.3) is 0 Å².